The molecule has 134 valence electrons. The van der Waals surface area contributed by atoms with Gasteiger partial charge >= 0.3 is 0 Å². The van der Waals surface area contributed by atoms with Gasteiger partial charge in [0, 0.05) is 23.7 Å². The summed E-state index contributed by atoms with van der Waals surface area (Å²) in [5.74, 6) is -0.237. The van der Waals surface area contributed by atoms with Gasteiger partial charge < -0.3 is 5.32 Å². The van der Waals surface area contributed by atoms with Crippen molar-refractivity contribution in [2.24, 2.45) is 0 Å². The third-order valence-corrected chi connectivity index (χ3v) is 5.31. The monoisotopic (exact) mass is 380 g/mol. The van der Waals surface area contributed by atoms with Crippen LogP contribution in [0.4, 0.5) is 0 Å². The predicted octanol–water partition coefficient (Wildman–Crippen LogP) is 3.00. The summed E-state index contributed by atoms with van der Waals surface area (Å²) in [6, 6.07) is 13.3. The van der Waals surface area contributed by atoms with Crippen molar-refractivity contribution in [2.45, 2.75) is 24.7 Å². The largest absolute Gasteiger partial charge is 0.352 e. The van der Waals surface area contributed by atoms with Crippen LogP contribution in [0.3, 0.4) is 0 Å². The molecule has 0 spiro atoms. The van der Waals surface area contributed by atoms with E-state index in [1.807, 2.05) is 31.2 Å². The van der Waals surface area contributed by atoms with Gasteiger partial charge in [0.1, 0.15) is 0 Å². The molecule has 0 aliphatic rings. The number of carbonyl (C=O) groups excluding carboxylic acids is 1. The molecule has 1 amide bonds. The Morgan fingerprint density at radius 1 is 1.00 bits per heavy atom. The first-order valence-electron chi connectivity index (χ1n) is 8.05. The lowest BCUT2D eigenvalue weighted by Crippen LogP contribution is -2.26. The van der Waals surface area contributed by atoms with Crippen LogP contribution in [0.25, 0.3) is 0 Å². The molecule has 2 aromatic carbocycles. The zero-order valence-electron chi connectivity index (χ0n) is 14.0. The fourth-order valence-corrected chi connectivity index (χ4v) is 3.44. The van der Waals surface area contributed by atoms with Gasteiger partial charge in [-0.1, -0.05) is 30.7 Å². The van der Waals surface area contributed by atoms with Crippen molar-refractivity contribution >= 4 is 27.5 Å². The van der Waals surface area contributed by atoms with Gasteiger partial charge in [0.15, 0.2) is 0 Å². The topological polar surface area (TPSA) is 75.3 Å². The number of rotatable bonds is 8. The zero-order valence-corrected chi connectivity index (χ0v) is 15.5. The number of hydrogen-bond donors (Lipinski definition) is 2. The summed E-state index contributed by atoms with van der Waals surface area (Å²) in [6.45, 7) is 2.76. The van der Waals surface area contributed by atoms with Crippen molar-refractivity contribution in [3.8, 4) is 0 Å². The van der Waals surface area contributed by atoms with E-state index in [9.17, 15) is 13.2 Å². The molecule has 2 aromatic rings. The molecule has 0 unspecified atom stereocenters. The summed E-state index contributed by atoms with van der Waals surface area (Å²) in [7, 11) is -3.51. The highest BCUT2D eigenvalue weighted by atomic mass is 35.5. The number of hydrogen-bond acceptors (Lipinski definition) is 3. The Morgan fingerprint density at radius 3 is 2.24 bits per heavy atom. The van der Waals surface area contributed by atoms with Crippen LogP contribution < -0.4 is 10.0 Å². The molecular weight excluding hydrogens is 360 g/mol. The second kappa shape index (κ2) is 8.99. The average molecular weight is 381 g/mol. The number of benzene rings is 2. The van der Waals surface area contributed by atoms with Crippen molar-refractivity contribution in [1.29, 1.82) is 0 Å². The highest BCUT2D eigenvalue weighted by Crippen LogP contribution is 2.11. The molecule has 0 saturated carbocycles. The molecule has 5 nitrogen and oxygen atoms in total. The van der Waals surface area contributed by atoms with Gasteiger partial charge in [-0.2, -0.15) is 0 Å². The standard InChI is InChI=1S/C18H21ClN2O3S/c1-2-12-21-25(23,24)17-9-5-15(6-10-17)18(22)20-13-11-14-3-7-16(19)8-4-14/h3-10,21H,2,11-13H2,1H3,(H,20,22). The Bertz CT molecular complexity index is 803. The third-order valence-electron chi connectivity index (χ3n) is 3.58. The highest BCUT2D eigenvalue weighted by molar-refractivity contribution is 7.89. The molecule has 7 heteroatoms. The van der Waals surface area contributed by atoms with Crippen LogP contribution >= 0.6 is 11.6 Å². The van der Waals surface area contributed by atoms with Crippen molar-refractivity contribution < 1.29 is 13.2 Å². The minimum atomic E-state index is -3.51. The predicted molar refractivity (Wildman–Crippen MR) is 99.4 cm³/mol. The smallest absolute Gasteiger partial charge is 0.251 e. The summed E-state index contributed by atoms with van der Waals surface area (Å²) >= 11 is 5.83. The normalized spacial score (nSPS) is 11.3. The van der Waals surface area contributed by atoms with Crippen LogP contribution in [-0.2, 0) is 16.4 Å². The molecule has 2 N–H and O–H groups in total. The van der Waals surface area contributed by atoms with Gasteiger partial charge in [0.25, 0.3) is 5.91 Å². The van der Waals surface area contributed by atoms with Gasteiger partial charge in [-0.25, -0.2) is 13.1 Å². The number of sulfonamides is 1. The van der Waals surface area contributed by atoms with Crippen molar-refractivity contribution in [3.63, 3.8) is 0 Å². The van der Waals surface area contributed by atoms with Crippen molar-refractivity contribution in [3.05, 3.63) is 64.7 Å². The number of amides is 1. The zero-order chi connectivity index (χ0) is 18.3. The van der Waals surface area contributed by atoms with E-state index in [0.717, 1.165) is 5.56 Å². The first-order chi connectivity index (χ1) is 11.9. The van der Waals surface area contributed by atoms with Gasteiger partial charge in [0.2, 0.25) is 10.0 Å². The molecule has 2 rings (SSSR count). The van der Waals surface area contributed by atoms with E-state index in [1.165, 1.54) is 24.3 Å². The Hall–Kier alpha value is -1.89. The SMILES string of the molecule is CCCNS(=O)(=O)c1ccc(C(=O)NCCc2ccc(Cl)cc2)cc1. The molecule has 0 aliphatic carbocycles. The molecule has 0 atom stereocenters. The molecule has 0 heterocycles. The molecular formula is C18H21ClN2O3S. The van der Waals surface area contributed by atoms with E-state index in [2.05, 4.69) is 10.0 Å². The molecule has 0 aliphatic heterocycles. The van der Waals surface area contributed by atoms with Crippen molar-refractivity contribution in [1.82, 2.24) is 10.0 Å². The minimum Gasteiger partial charge on any atom is -0.352 e. The number of halogens is 1. The lowest BCUT2D eigenvalue weighted by Gasteiger charge is -2.08. The molecule has 25 heavy (non-hydrogen) atoms. The Morgan fingerprint density at radius 2 is 1.64 bits per heavy atom. The maximum absolute atomic E-state index is 12.1. The highest BCUT2D eigenvalue weighted by Gasteiger charge is 2.14. The van der Waals surface area contributed by atoms with E-state index in [4.69, 9.17) is 11.6 Å². The second-order valence-corrected chi connectivity index (χ2v) is 7.76. The number of carbonyl (C=O) groups is 1. The quantitative estimate of drug-likeness (QED) is 0.739. The molecule has 0 radical (unpaired) electrons. The van der Waals surface area contributed by atoms with E-state index in [1.54, 1.807) is 0 Å². The Labute approximate surface area is 153 Å². The van der Waals surface area contributed by atoms with Crippen LogP contribution in [0.2, 0.25) is 5.02 Å². The van der Waals surface area contributed by atoms with Gasteiger partial charge in [-0.05, 0) is 54.8 Å². The summed E-state index contributed by atoms with van der Waals surface area (Å²) in [4.78, 5) is 12.3. The van der Waals surface area contributed by atoms with E-state index >= 15 is 0 Å². The van der Waals surface area contributed by atoms with Crippen LogP contribution in [0.15, 0.2) is 53.4 Å². The van der Waals surface area contributed by atoms with Crippen LogP contribution in [0.1, 0.15) is 29.3 Å². The lowest BCUT2D eigenvalue weighted by molar-refractivity contribution is 0.0954. The minimum absolute atomic E-state index is 0.152. The fourth-order valence-electron chi connectivity index (χ4n) is 2.18. The first kappa shape index (κ1) is 19.4. The van der Waals surface area contributed by atoms with Gasteiger partial charge in [0.05, 0.1) is 4.90 Å². The summed E-state index contributed by atoms with van der Waals surface area (Å²) in [5.41, 5.74) is 1.50. The van der Waals surface area contributed by atoms with Crippen LogP contribution in [0.5, 0.6) is 0 Å². The van der Waals surface area contributed by atoms with Gasteiger partial charge in [-0.15, -0.1) is 0 Å². The van der Waals surface area contributed by atoms with Gasteiger partial charge in [-0.3, -0.25) is 4.79 Å². The maximum atomic E-state index is 12.1. The molecule has 0 bridgehead atoms. The van der Waals surface area contributed by atoms with E-state index in [0.29, 0.717) is 36.5 Å². The molecule has 0 fully saturated rings. The third kappa shape index (κ3) is 5.85. The summed E-state index contributed by atoms with van der Waals surface area (Å²) in [6.07, 6.45) is 1.41. The van der Waals surface area contributed by atoms with E-state index in [-0.39, 0.29) is 10.8 Å². The lowest BCUT2D eigenvalue weighted by atomic mass is 10.1. The Balaban J connectivity index is 1.90. The molecule has 0 aromatic heterocycles. The van der Waals surface area contributed by atoms with E-state index < -0.39 is 10.0 Å². The molecule has 0 saturated heterocycles. The van der Waals surface area contributed by atoms with Crippen LogP contribution in [-0.4, -0.2) is 27.4 Å². The van der Waals surface area contributed by atoms with Crippen LogP contribution in [0, 0.1) is 0 Å². The Kier molecular flexibility index (Phi) is 6.99. The first-order valence-corrected chi connectivity index (χ1v) is 9.91. The second-order valence-electron chi connectivity index (χ2n) is 5.55. The maximum Gasteiger partial charge on any atom is 0.251 e. The van der Waals surface area contributed by atoms with Crippen molar-refractivity contribution in [2.75, 3.05) is 13.1 Å². The summed E-state index contributed by atoms with van der Waals surface area (Å²) in [5, 5.41) is 3.49. The summed E-state index contributed by atoms with van der Waals surface area (Å²) < 4.78 is 26.5. The number of nitrogens with one attached hydrogen (secondary N) is 2. The average Bonchev–Trinajstić information content (AvgIpc) is 2.62. The fraction of sp³-hybridized carbons (Fsp3) is 0.278.